The standard InChI is InChI=1S/C15H28ClNO/c1-3-14(4-2)17(11-10-16)15(18)12-13-8-6-5-7-9-13/h13-14H,3-12H2,1-2H3. The van der Waals surface area contributed by atoms with Gasteiger partial charge in [0.1, 0.15) is 0 Å². The molecule has 0 unspecified atom stereocenters. The van der Waals surface area contributed by atoms with Crippen LogP contribution in [0.5, 0.6) is 0 Å². The highest BCUT2D eigenvalue weighted by molar-refractivity contribution is 6.18. The molecule has 106 valence electrons. The van der Waals surface area contributed by atoms with E-state index in [9.17, 15) is 4.79 Å². The van der Waals surface area contributed by atoms with E-state index in [0.717, 1.165) is 19.3 Å². The van der Waals surface area contributed by atoms with Gasteiger partial charge in [-0.25, -0.2) is 0 Å². The van der Waals surface area contributed by atoms with E-state index >= 15 is 0 Å². The summed E-state index contributed by atoms with van der Waals surface area (Å²) in [5.74, 6) is 1.50. The van der Waals surface area contributed by atoms with Gasteiger partial charge in [-0.1, -0.05) is 33.1 Å². The van der Waals surface area contributed by atoms with Crippen LogP contribution in [0.25, 0.3) is 0 Å². The Morgan fingerprint density at radius 2 is 1.83 bits per heavy atom. The van der Waals surface area contributed by atoms with Crippen LogP contribution < -0.4 is 0 Å². The Labute approximate surface area is 117 Å². The average Bonchev–Trinajstić information content (AvgIpc) is 2.40. The molecule has 0 bridgehead atoms. The van der Waals surface area contributed by atoms with Crippen molar-refractivity contribution in [1.82, 2.24) is 4.90 Å². The third-order valence-corrected chi connectivity index (χ3v) is 4.39. The SMILES string of the molecule is CCC(CC)N(CCCl)C(=O)CC1CCCCC1. The summed E-state index contributed by atoms with van der Waals surface area (Å²) < 4.78 is 0. The van der Waals surface area contributed by atoms with Crippen molar-refractivity contribution in [3.8, 4) is 0 Å². The maximum atomic E-state index is 12.4. The largest absolute Gasteiger partial charge is 0.339 e. The van der Waals surface area contributed by atoms with Crippen LogP contribution in [-0.4, -0.2) is 29.3 Å². The van der Waals surface area contributed by atoms with Gasteiger partial charge >= 0.3 is 0 Å². The van der Waals surface area contributed by atoms with Crippen LogP contribution in [0, 0.1) is 5.92 Å². The molecule has 3 heteroatoms. The first kappa shape index (κ1) is 15.8. The maximum absolute atomic E-state index is 12.4. The van der Waals surface area contributed by atoms with Crippen LogP contribution in [0.4, 0.5) is 0 Å². The minimum atomic E-state index is 0.330. The fraction of sp³-hybridized carbons (Fsp3) is 0.933. The number of rotatable bonds is 7. The number of alkyl halides is 1. The molecule has 0 aromatic carbocycles. The van der Waals surface area contributed by atoms with Crippen molar-refractivity contribution in [3.63, 3.8) is 0 Å². The predicted octanol–water partition coefficient (Wildman–Crippen LogP) is 4.21. The number of amides is 1. The first-order chi connectivity index (χ1) is 8.72. The first-order valence-corrected chi connectivity index (χ1v) is 8.11. The first-order valence-electron chi connectivity index (χ1n) is 7.58. The quantitative estimate of drug-likeness (QED) is 0.636. The van der Waals surface area contributed by atoms with E-state index in [4.69, 9.17) is 11.6 Å². The molecule has 0 N–H and O–H groups in total. The number of hydrogen-bond acceptors (Lipinski definition) is 1. The van der Waals surface area contributed by atoms with Crippen molar-refractivity contribution >= 4 is 17.5 Å². The van der Waals surface area contributed by atoms with Crippen LogP contribution >= 0.6 is 11.6 Å². The molecule has 2 nitrogen and oxygen atoms in total. The van der Waals surface area contributed by atoms with Crippen molar-refractivity contribution in [2.45, 2.75) is 71.3 Å². The predicted molar refractivity (Wildman–Crippen MR) is 78.0 cm³/mol. The van der Waals surface area contributed by atoms with Gasteiger partial charge in [0.15, 0.2) is 0 Å². The number of halogens is 1. The zero-order valence-corrected chi connectivity index (χ0v) is 12.7. The number of hydrogen-bond donors (Lipinski definition) is 0. The fourth-order valence-electron chi connectivity index (χ4n) is 3.09. The zero-order chi connectivity index (χ0) is 13.4. The highest BCUT2D eigenvalue weighted by atomic mass is 35.5. The van der Waals surface area contributed by atoms with Crippen molar-refractivity contribution in [2.24, 2.45) is 5.92 Å². The van der Waals surface area contributed by atoms with Gasteiger partial charge in [0.25, 0.3) is 0 Å². The average molecular weight is 274 g/mol. The van der Waals surface area contributed by atoms with E-state index in [1.807, 2.05) is 4.90 Å². The number of carbonyl (C=O) groups excluding carboxylic acids is 1. The normalized spacial score (nSPS) is 17.1. The Balaban J connectivity index is 2.52. The minimum Gasteiger partial charge on any atom is -0.339 e. The molecule has 0 atom stereocenters. The van der Waals surface area contributed by atoms with E-state index in [0.29, 0.717) is 30.3 Å². The van der Waals surface area contributed by atoms with Gasteiger partial charge in [-0.15, -0.1) is 11.6 Å². The summed E-state index contributed by atoms with van der Waals surface area (Å²) in [6, 6.07) is 0.375. The molecule has 0 saturated heterocycles. The third-order valence-electron chi connectivity index (χ3n) is 4.22. The Bertz CT molecular complexity index is 235. The molecule has 0 spiro atoms. The second-order valence-corrected chi connectivity index (χ2v) is 5.83. The van der Waals surface area contributed by atoms with Crippen LogP contribution in [0.15, 0.2) is 0 Å². The molecule has 0 aliphatic heterocycles. The zero-order valence-electron chi connectivity index (χ0n) is 12.0. The summed E-state index contributed by atoms with van der Waals surface area (Å²) in [5, 5.41) is 0. The van der Waals surface area contributed by atoms with Crippen LogP contribution in [-0.2, 0) is 4.79 Å². The summed E-state index contributed by atoms with van der Waals surface area (Å²) in [7, 11) is 0. The van der Waals surface area contributed by atoms with Gasteiger partial charge in [-0.2, -0.15) is 0 Å². The Hall–Kier alpha value is -0.240. The minimum absolute atomic E-state index is 0.330. The number of nitrogens with zero attached hydrogens (tertiary/aromatic N) is 1. The molecule has 1 rings (SSSR count). The molecule has 1 fully saturated rings. The molecule has 1 aliphatic carbocycles. The van der Waals surface area contributed by atoms with Gasteiger partial charge in [-0.05, 0) is 31.6 Å². The van der Waals surface area contributed by atoms with E-state index in [1.165, 1.54) is 32.1 Å². The summed E-state index contributed by atoms with van der Waals surface area (Å²) in [5.41, 5.74) is 0. The van der Waals surface area contributed by atoms with Crippen molar-refractivity contribution in [1.29, 1.82) is 0 Å². The Morgan fingerprint density at radius 1 is 1.22 bits per heavy atom. The molecule has 1 amide bonds. The number of carbonyl (C=O) groups is 1. The molecule has 0 heterocycles. The lowest BCUT2D eigenvalue weighted by molar-refractivity contribution is -0.134. The van der Waals surface area contributed by atoms with E-state index in [2.05, 4.69) is 13.8 Å². The summed E-state index contributed by atoms with van der Waals surface area (Å²) in [6.07, 6.45) is 9.24. The summed E-state index contributed by atoms with van der Waals surface area (Å²) in [4.78, 5) is 14.5. The van der Waals surface area contributed by atoms with Crippen molar-refractivity contribution in [3.05, 3.63) is 0 Å². The second kappa shape index (κ2) is 8.79. The van der Waals surface area contributed by atoms with E-state index in [-0.39, 0.29) is 0 Å². The van der Waals surface area contributed by atoms with Gasteiger partial charge < -0.3 is 4.90 Å². The van der Waals surface area contributed by atoms with Gasteiger partial charge in [0.2, 0.25) is 5.91 Å². The third kappa shape index (κ3) is 4.79. The summed E-state index contributed by atoms with van der Waals surface area (Å²) in [6.45, 7) is 5.02. The molecule has 0 radical (unpaired) electrons. The highest BCUT2D eigenvalue weighted by Gasteiger charge is 2.24. The Kier molecular flexibility index (Phi) is 7.73. The second-order valence-electron chi connectivity index (χ2n) is 5.45. The van der Waals surface area contributed by atoms with Crippen molar-refractivity contribution in [2.75, 3.05) is 12.4 Å². The molecule has 1 saturated carbocycles. The molecular weight excluding hydrogens is 246 g/mol. The van der Waals surface area contributed by atoms with Gasteiger partial charge in [0.05, 0.1) is 0 Å². The van der Waals surface area contributed by atoms with E-state index < -0.39 is 0 Å². The van der Waals surface area contributed by atoms with Gasteiger partial charge in [0, 0.05) is 24.9 Å². The molecule has 1 aliphatic rings. The monoisotopic (exact) mass is 273 g/mol. The topological polar surface area (TPSA) is 20.3 Å². The molecular formula is C15H28ClNO. The maximum Gasteiger partial charge on any atom is 0.223 e. The highest BCUT2D eigenvalue weighted by Crippen LogP contribution is 2.27. The van der Waals surface area contributed by atoms with Crippen molar-refractivity contribution < 1.29 is 4.79 Å². The molecule has 18 heavy (non-hydrogen) atoms. The molecule has 0 aromatic heterocycles. The smallest absolute Gasteiger partial charge is 0.223 e. The van der Waals surface area contributed by atoms with Gasteiger partial charge in [-0.3, -0.25) is 4.79 Å². The fourth-order valence-corrected chi connectivity index (χ4v) is 3.27. The van der Waals surface area contributed by atoms with Crippen LogP contribution in [0.3, 0.4) is 0 Å². The lowest BCUT2D eigenvalue weighted by Gasteiger charge is -2.32. The lowest BCUT2D eigenvalue weighted by atomic mass is 9.86. The van der Waals surface area contributed by atoms with Crippen LogP contribution in [0.1, 0.15) is 65.2 Å². The Morgan fingerprint density at radius 3 is 2.33 bits per heavy atom. The lowest BCUT2D eigenvalue weighted by Crippen LogP contribution is -2.41. The van der Waals surface area contributed by atoms with E-state index in [1.54, 1.807) is 0 Å². The van der Waals surface area contributed by atoms with Crippen LogP contribution in [0.2, 0.25) is 0 Å². The summed E-state index contributed by atoms with van der Waals surface area (Å²) >= 11 is 5.85. The molecule has 0 aromatic rings.